The first-order chi connectivity index (χ1) is 37.0. The molecule has 7 atom stereocenters. The van der Waals surface area contributed by atoms with E-state index < -0.39 is 102 Å². The number of aromatic nitrogens is 1. The molecule has 1 aromatic heterocycles. The Labute approximate surface area is 447 Å². The fourth-order valence-corrected chi connectivity index (χ4v) is 8.72. The molecule has 15 N–H and O–H groups in total. The van der Waals surface area contributed by atoms with Gasteiger partial charge in [0, 0.05) is 62.8 Å². The van der Waals surface area contributed by atoms with Gasteiger partial charge in [-0.05, 0) is 67.7 Å². The number of hydrogen-bond donors (Lipinski definition) is 12. The predicted molar refractivity (Wildman–Crippen MR) is 287 cm³/mol. The summed E-state index contributed by atoms with van der Waals surface area (Å²) in [5.74, 6) is -6.99. The monoisotopic (exact) mass is 1060 g/mol. The molecule has 1 aliphatic rings. The summed E-state index contributed by atoms with van der Waals surface area (Å²) in [4.78, 5) is 137. The number of carbonyl (C=O) groups excluding carboxylic acids is 9. The molecule has 3 aromatic carbocycles. The van der Waals surface area contributed by atoms with Crippen molar-refractivity contribution >= 4 is 70.1 Å². The number of hydroxylamine groups is 1. The van der Waals surface area contributed by atoms with Crippen LogP contribution in [-0.4, -0.2) is 120 Å². The van der Waals surface area contributed by atoms with E-state index in [2.05, 4.69) is 52.7 Å². The van der Waals surface area contributed by atoms with Gasteiger partial charge in [-0.2, -0.15) is 5.48 Å². The lowest BCUT2D eigenvalue weighted by molar-refractivity contribution is -0.151. The van der Waals surface area contributed by atoms with Crippen LogP contribution in [0, 0.1) is 0 Å². The zero-order valence-electron chi connectivity index (χ0n) is 43.6. The topological polar surface area (TPSA) is 365 Å². The van der Waals surface area contributed by atoms with Crippen LogP contribution in [0.3, 0.4) is 0 Å². The van der Waals surface area contributed by atoms with Crippen molar-refractivity contribution in [2.75, 3.05) is 13.1 Å². The van der Waals surface area contributed by atoms with E-state index in [1.54, 1.807) is 66.9 Å². The minimum Gasteiger partial charge on any atom is -0.371 e. The number of amides is 8. The molecule has 0 radical (unpaired) electrons. The molecule has 0 spiro atoms. The molecule has 8 amide bonds. The average molecular weight is 1060 g/mol. The number of hydrogen-bond acceptors (Lipinski definition) is 12. The highest BCUT2D eigenvalue weighted by molar-refractivity contribution is 5.98. The summed E-state index contributed by atoms with van der Waals surface area (Å²) in [6.07, 6.45) is 3.13. The van der Waals surface area contributed by atoms with Gasteiger partial charge in [0.2, 0.25) is 47.3 Å². The van der Waals surface area contributed by atoms with Crippen molar-refractivity contribution < 1.29 is 48.0 Å². The normalized spacial score (nSPS) is 21.2. The van der Waals surface area contributed by atoms with Crippen LogP contribution in [0.15, 0.2) is 96.1 Å². The molecule has 0 bridgehead atoms. The number of unbranched alkanes of at least 4 members (excludes halogenated alkanes) is 1. The molecule has 4 aromatic rings. The van der Waals surface area contributed by atoms with Crippen molar-refractivity contribution in [3.63, 3.8) is 0 Å². The van der Waals surface area contributed by atoms with Gasteiger partial charge in [0.05, 0.1) is 0 Å². The Balaban J connectivity index is 1.55. The van der Waals surface area contributed by atoms with Crippen molar-refractivity contribution in [3.05, 3.63) is 108 Å². The van der Waals surface area contributed by atoms with Gasteiger partial charge in [-0.1, -0.05) is 98.6 Å². The fraction of sp³-hybridized carbons (Fsp3) is 0.444. The van der Waals surface area contributed by atoms with E-state index in [0.29, 0.717) is 42.4 Å². The Hall–Kier alpha value is -8.34. The van der Waals surface area contributed by atoms with E-state index >= 15 is 0 Å². The van der Waals surface area contributed by atoms with Crippen molar-refractivity contribution in [1.82, 2.24) is 47.7 Å². The number of aliphatic imine (C=N–C) groups is 1. The first-order valence-electron chi connectivity index (χ1n) is 26.0. The van der Waals surface area contributed by atoms with E-state index in [0.717, 1.165) is 10.9 Å². The Morgan fingerprint density at radius 2 is 1.26 bits per heavy atom. The number of para-hydroxylation sites is 1. The molecule has 414 valence electrons. The maximum atomic E-state index is 14.8. The second kappa shape index (κ2) is 30.9. The highest BCUT2D eigenvalue weighted by Gasteiger charge is 2.35. The second-order valence-electron chi connectivity index (χ2n) is 19.0. The number of nitrogens with zero attached hydrogens (tertiary/aromatic N) is 1. The third-order valence-electron chi connectivity index (χ3n) is 12.8. The number of rotatable bonds is 17. The van der Waals surface area contributed by atoms with Gasteiger partial charge < -0.3 is 64.2 Å². The summed E-state index contributed by atoms with van der Waals surface area (Å²) in [6, 6.07) is 15.7. The number of primary amides is 1. The number of carbonyl (C=O) groups is 9. The lowest BCUT2D eigenvalue weighted by Crippen LogP contribution is -2.60. The van der Waals surface area contributed by atoms with Crippen molar-refractivity contribution in [3.8, 4) is 0 Å². The molecule has 0 unspecified atom stereocenters. The smallest absolute Gasteiger partial charge is 0.324 e. The van der Waals surface area contributed by atoms with E-state index in [4.69, 9.17) is 22.0 Å². The molecular formula is C54H73N13O10. The van der Waals surface area contributed by atoms with E-state index in [1.807, 2.05) is 31.2 Å². The molecule has 0 aliphatic carbocycles. The van der Waals surface area contributed by atoms with Crippen LogP contribution in [0.25, 0.3) is 10.9 Å². The Morgan fingerprint density at radius 1 is 0.688 bits per heavy atom. The number of guanidine groups is 1. The van der Waals surface area contributed by atoms with Crippen LogP contribution in [0.1, 0.15) is 94.7 Å². The maximum absolute atomic E-state index is 14.8. The number of H-pyrrole nitrogens is 1. The molecular weight excluding hydrogens is 991 g/mol. The Bertz CT molecular complexity index is 2660. The number of fused-ring (bicyclic) bond motifs is 1. The maximum Gasteiger partial charge on any atom is 0.324 e. The van der Waals surface area contributed by atoms with Crippen LogP contribution >= 0.6 is 0 Å². The molecule has 23 heteroatoms. The SMILES string of the molecule is CCCC[C@H](NC(C)=O)C(=O)N[C@H]1CCC(=O)ONCCCC[C@@H](C(N)=O)NC(=O)[C@H](Cc2c[nH]c3ccccc23)NC(=O)[C@H](CCCN=C(N)N)NC(=O)[C@@H](Cc2ccccc2)NC(=O)[C@H](Cc2ccccc2)NC1=O. The van der Waals surface area contributed by atoms with Crippen molar-refractivity contribution in [2.45, 2.75) is 140 Å². The number of benzene rings is 3. The van der Waals surface area contributed by atoms with Crippen molar-refractivity contribution in [2.24, 2.45) is 22.2 Å². The number of nitrogens with one attached hydrogen (secondary N) is 9. The molecule has 5 rings (SSSR count). The molecule has 1 aliphatic heterocycles. The standard InChI is InChI=1S/C54H73N13O10/c1-3-4-21-40(61-33(2)68)48(71)64-42-25-26-46(69)77-60-28-14-13-23-39(47(55)70)62-53(76)45(31-36-32-59-38-22-12-11-20-37(36)38)67-49(72)41(24-15-27-58-54(56)57)63-51(74)43(29-34-16-7-5-8-17-34)66-52(75)44(65-50(42)73)30-35-18-9-6-10-19-35/h5-12,16-20,22,32,39-45,59-60H,3-4,13-15,21,23-31H2,1-2H3,(H2,55,70)(H,61,68)(H,62,76)(H,63,74)(H,64,71)(H,65,73)(H,66,75)(H,67,72)(H4,56,57,58)/t39-,40-,41-,42-,43+,44-,45-/m0/s1. The van der Waals surface area contributed by atoms with Crippen LogP contribution in [-0.2, 0) is 67.3 Å². The van der Waals surface area contributed by atoms with Gasteiger partial charge >= 0.3 is 5.97 Å². The largest absolute Gasteiger partial charge is 0.371 e. The second-order valence-corrected chi connectivity index (χ2v) is 19.0. The van der Waals surface area contributed by atoms with Crippen molar-refractivity contribution in [1.29, 1.82) is 0 Å². The third-order valence-corrected chi connectivity index (χ3v) is 12.8. The van der Waals surface area contributed by atoms with E-state index in [1.165, 1.54) is 6.92 Å². The van der Waals surface area contributed by atoms with Gasteiger partial charge in [-0.3, -0.25) is 48.1 Å². The number of aromatic amines is 1. The fourth-order valence-electron chi connectivity index (χ4n) is 8.72. The summed E-state index contributed by atoms with van der Waals surface area (Å²) in [7, 11) is 0. The number of nitrogens with two attached hydrogens (primary N) is 3. The Kier molecular flexibility index (Phi) is 23.9. The zero-order chi connectivity index (χ0) is 55.7. The van der Waals surface area contributed by atoms with E-state index in [-0.39, 0.29) is 70.4 Å². The summed E-state index contributed by atoms with van der Waals surface area (Å²) in [5, 5.41) is 19.9. The van der Waals surface area contributed by atoms with Gasteiger partial charge in [0.1, 0.15) is 42.3 Å². The summed E-state index contributed by atoms with van der Waals surface area (Å²) >= 11 is 0. The molecule has 1 saturated heterocycles. The van der Waals surface area contributed by atoms with E-state index in [9.17, 15) is 43.2 Å². The first kappa shape index (κ1) is 59.5. The highest BCUT2D eigenvalue weighted by Crippen LogP contribution is 2.20. The molecule has 1 fully saturated rings. The van der Waals surface area contributed by atoms with Gasteiger partial charge in [-0.15, -0.1) is 0 Å². The lowest BCUT2D eigenvalue weighted by atomic mass is 10.0. The molecule has 23 nitrogen and oxygen atoms in total. The average Bonchev–Trinajstić information content (AvgIpc) is 3.81. The minimum atomic E-state index is -1.43. The summed E-state index contributed by atoms with van der Waals surface area (Å²) < 4.78 is 0. The highest BCUT2D eigenvalue weighted by atomic mass is 16.7. The first-order valence-corrected chi connectivity index (χ1v) is 26.0. The summed E-state index contributed by atoms with van der Waals surface area (Å²) in [5.41, 5.74) is 22.2. The third kappa shape index (κ3) is 20.0. The minimum absolute atomic E-state index is 0.0486. The predicted octanol–water partition coefficient (Wildman–Crippen LogP) is 0.350. The van der Waals surface area contributed by atoms with Crippen LogP contribution in [0.4, 0.5) is 0 Å². The molecule has 0 saturated carbocycles. The Morgan fingerprint density at radius 3 is 1.87 bits per heavy atom. The summed E-state index contributed by atoms with van der Waals surface area (Å²) in [6.45, 7) is 3.35. The molecule has 2 heterocycles. The van der Waals surface area contributed by atoms with Crippen LogP contribution in [0.5, 0.6) is 0 Å². The van der Waals surface area contributed by atoms with Gasteiger partial charge in [0.25, 0.3) is 0 Å². The van der Waals surface area contributed by atoms with Gasteiger partial charge in [0.15, 0.2) is 5.96 Å². The molecule has 77 heavy (non-hydrogen) atoms. The zero-order valence-corrected chi connectivity index (χ0v) is 43.6. The lowest BCUT2D eigenvalue weighted by Gasteiger charge is -2.28. The van der Waals surface area contributed by atoms with Crippen LogP contribution < -0.4 is 59.9 Å². The van der Waals surface area contributed by atoms with Gasteiger partial charge in [-0.25, -0.2) is 0 Å². The van der Waals surface area contributed by atoms with Crippen LogP contribution in [0.2, 0.25) is 0 Å². The quantitative estimate of drug-likeness (QED) is 0.0387.